The fraction of sp³-hybridized carbons (Fsp3) is 0.364. The summed E-state index contributed by atoms with van der Waals surface area (Å²) in [5, 5.41) is 12.0. The highest BCUT2D eigenvalue weighted by atomic mass is 32.2. The van der Waals surface area contributed by atoms with E-state index in [4.69, 9.17) is 5.26 Å². The van der Waals surface area contributed by atoms with E-state index < -0.39 is 0 Å². The average Bonchev–Trinajstić information content (AvgIpc) is 2.66. The molecule has 0 unspecified atom stereocenters. The molecule has 1 amide bonds. The van der Waals surface area contributed by atoms with E-state index in [9.17, 15) is 4.79 Å². The Morgan fingerprint density at radius 3 is 2.58 bits per heavy atom. The van der Waals surface area contributed by atoms with Gasteiger partial charge in [-0.05, 0) is 35.1 Å². The van der Waals surface area contributed by atoms with Crippen LogP contribution in [0.3, 0.4) is 0 Å². The Morgan fingerprint density at radius 2 is 1.88 bits per heavy atom. The zero-order valence-electron chi connectivity index (χ0n) is 15.5. The Labute approximate surface area is 160 Å². The maximum Gasteiger partial charge on any atom is 0.220 e. The SMILES string of the molecule is CC(C)c1ccc(CCC(=O)NCCSCc2ccccc2C#N)cc1. The zero-order valence-corrected chi connectivity index (χ0v) is 16.3. The van der Waals surface area contributed by atoms with Crippen molar-refractivity contribution in [2.45, 2.75) is 38.4 Å². The van der Waals surface area contributed by atoms with Gasteiger partial charge in [0.2, 0.25) is 5.91 Å². The third kappa shape index (κ3) is 6.57. The quantitative estimate of drug-likeness (QED) is 0.657. The summed E-state index contributed by atoms with van der Waals surface area (Å²) in [6.45, 7) is 5.02. The van der Waals surface area contributed by atoms with Gasteiger partial charge in [0, 0.05) is 24.5 Å². The second-order valence-electron chi connectivity index (χ2n) is 6.57. The number of hydrogen-bond donors (Lipinski definition) is 1. The number of hydrogen-bond acceptors (Lipinski definition) is 3. The minimum atomic E-state index is 0.0935. The van der Waals surface area contributed by atoms with Crippen molar-refractivity contribution in [2.24, 2.45) is 0 Å². The molecule has 0 aliphatic heterocycles. The molecule has 0 heterocycles. The van der Waals surface area contributed by atoms with E-state index in [0.29, 0.717) is 18.9 Å². The summed E-state index contributed by atoms with van der Waals surface area (Å²) in [5.74, 6) is 2.26. The molecule has 0 atom stereocenters. The predicted octanol–water partition coefficient (Wildman–Crippen LogP) is 4.66. The molecule has 0 aromatic heterocycles. The Morgan fingerprint density at radius 1 is 1.15 bits per heavy atom. The minimum absolute atomic E-state index is 0.0935. The van der Waals surface area contributed by atoms with Gasteiger partial charge in [0.25, 0.3) is 0 Å². The van der Waals surface area contributed by atoms with E-state index in [2.05, 4.69) is 49.5 Å². The maximum atomic E-state index is 12.0. The lowest BCUT2D eigenvalue weighted by Crippen LogP contribution is -2.25. The van der Waals surface area contributed by atoms with Crippen molar-refractivity contribution in [3.8, 4) is 6.07 Å². The van der Waals surface area contributed by atoms with Gasteiger partial charge < -0.3 is 5.32 Å². The fourth-order valence-electron chi connectivity index (χ4n) is 2.62. The van der Waals surface area contributed by atoms with E-state index in [0.717, 1.165) is 29.1 Å². The van der Waals surface area contributed by atoms with Crippen LogP contribution in [-0.2, 0) is 17.0 Å². The first-order valence-electron chi connectivity index (χ1n) is 9.01. The molecule has 2 aromatic rings. The van der Waals surface area contributed by atoms with Crippen molar-refractivity contribution in [1.82, 2.24) is 5.32 Å². The Balaban J connectivity index is 1.62. The molecule has 1 N–H and O–H groups in total. The number of carbonyl (C=O) groups excluding carboxylic acids is 1. The summed E-state index contributed by atoms with van der Waals surface area (Å²) in [6.07, 6.45) is 1.29. The average molecular weight is 367 g/mol. The van der Waals surface area contributed by atoms with Crippen LogP contribution in [0.4, 0.5) is 0 Å². The van der Waals surface area contributed by atoms with Crippen LogP contribution in [0.15, 0.2) is 48.5 Å². The van der Waals surface area contributed by atoms with Gasteiger partial charge in [-0.3, -0.25) is 4.79 Å². The number of benzene rings is 2. The molecule has 0 aliphatic rings. The number of nitrogens with zero attached hydrogens (tertiary/aromatic N) is 1. The van der Waals surface area contributed by atoms with Gasteiger partial charge in [-0.25, -0.2) is 0 Å². The lowest BCUT2D eigenvalue weighted by atomic mass is 10.0. The van der Waals surface area contributed by atoms with Crippen LogP contribution in [0.5, 0.6) is 0 Å². The topological polar surface area (TPSA) is 52.9 Å². The summed E-state index contributed by atoms with van der Waals surface area (Å²) < 4.78 is 0. The monoisotopic (exact) mass is 366 g/mol. The van der Waals surface area contributed by atoms with Crippen LogP contribution in [0.25, 0.3) is 0 Å². The molecule has 0 radical (unpaired) electrons. The molecule has 3 nitrogen and oxygen atoms in total. The molecular weight excluding hydrogens is 340 g/mol. The summed E-state index contributed by atoms with van der Waals surface area (Å²) in [7, 11) is 0. The molecule has 0 saturated carbocycles. The summed E-state index contributed by atoms with van der Waals surface area (Å²) in [6, 6.07) is 18.4. The molecular formula is C22H26N2OS. The number of amides is 1. The third-order valence-electron chi connectivity index (χ3n) is 4.25. The molecule has 0 saturated heterocycles. The van der Waals surface area contributed by atoms with Crippen molar-refractivity contribution in [1.29, 1.82) is 5.26 Å². The highest BCUT2D eigenvalue weighted by Gasteiger charge is 2.04. The van der Waals surface area contributed by atoms with Crippen LogP contribution in [0.1, 0.15) is 48.4 Å². The van der Waals surface area contributed by atoms with Crippen molar-refractivity contribution in [3.63, 3.8) is 0 Å². The van der Waals surface area contributed by atoms with Gasteiger partial charge in [0.1, 0.15) is 0 Å². The first kappa shape index (κ1) is 20.1. The number of thioether (sulfide) groups is 1. The van der Waals surface area contributed by atoms with E-state index in [-0.39, 0.29) is 5.91 Å². The van der Waals surface area contributed by atoms with E-state index >= 15 is 0 Å². The fourth-order valence-corrected chi connectivity index (χ4v) is 3.48. The normalized spacial score (nSPS) is 10.5. The maximum absolute atomic E-state index is 12.0. The standard InChI is InChI=1S/C22H26N2OS/c1-17(2)19-10-7-18(8-11-19)9-12-22(25)24-13-14-26-16-21-6-4-3-5-20(21)15-23/h3-8,10-11,17H,9,12-14,16H2,1-2H3,(H,24,25). The summed E-state index contributed by atoms with van der Waals surface area (Å²) in [5.41, 5.74) is 4.31. The van der Waals surface area contributed by atoms with Crippen LogP contribution in [0, 0.1) is 11.3 Å². The zero-order chi connectivity index (χ0) is 18.8. The van der Waals surface area contributed by atoms with Crippen molar-refractivity contribution in [2.75, 3.05) is 12.3 Å². The lowest BCUT2D eigenvalue weighted by molar-refractivity contribution is -0.120. The second-order valence-corrected chi connectivity index (χ2v) is 7.67. The number of nitriles is 1. The van der Waals surface area contributed by atoms with Crippen molar-refractivity contribution in [3.05, 3.63) is 70.8 Å². The smallest absolute Gasteiger partial charge is 0.220 e. The van der Waals surface area contributed by atoms with Crippen LogP contribution in [-0.4, -0.2) is 18.2 Å². The van der Waals surface area contributed by atoms with Gasteiger partial charge >= 0.3 is 0 Å². The predicted molar refractivity (Wildman–Crippen MR) is 109 cm³/mol. The number of nitrogens with one attached hydrogen (secondary N) is 1. The van der Waals surface area contributed by atoms with Gasteiger partial charge in [-0.15, -0.1) is 0 Å². The molecule has 136 valence electrons. The highest BCUT2D eigenvalue weighted by molar-refractivity contribution is 7.98. The van der Waals surface area contributed by atoms with Crippen LogP contribution >= 0.6 is 11.8 Å². The summed E-state index contributed by atoms with van der Waals surface area (Å²) in [4.78, 5) is 12.0. The number of aryl methyl sites for hydroxylation is 1. The highest BCUT2D eigenvalue weighted by Crippen LogP contribution is 2.16. The third-order valence-corrected chi connectivity index (χ3v) is 5.26. The van der Waals surface area contributed by atoms with Crippen molar-refractivity contribution < 1.29 is 4.79 Å². The summed E-state index contributed by atoms with van der Waals surface area (Å²) >= 11 is 1.73. The first-order chi connectivity index (χ1) is 12.6. The van der Waals surface area contributed by atoms with Gasteiger partial charge in [-0.1, -0.05) is 56.3 Å². The Kier molecular flexibility index (Phi) is 8.24. The second kappa shape index (κ2) is 10.7. The molecule has 0 aliphatic carbocycles. The van der Waals surface area contributed by atoms with E-state index in [1.165, 1.54) is 11.1 Å². The number of rotatable bonds is 9. The molecule has 2 aromatic carbocycles. The van der Waals surface area contributed by atoms with Gasteiger partial charge in [0.05, 0.1) is 11.6 Å². The molecule has 0 bridgehead atoms. The van der Waals surface area contributed by atoms with Crippen LogP contribution < -0.4 is 5.32 Å². The van der Waals surface area contributed by atoms with Crippen molar-refractivity contribution >= 4 is 17.7 Å². The Bertz CT molecular complexity index is 747. The molecule has 0 fully saturated rings. The van der Waals surface area contributed by atoms with Gasteiger partial charge in [-0.2, -0.15) is 17.0 Å². The Hall–Kier alpha value is -2.25. The molecule has 26 heavy (non-hydrogen) atoms. The number of carbonyl (C=O) groups is 1. The molecule has 2 rings (SSSR count). The van der Waals surface area contributed by atoms with E-state index in [1.807, 2.05) is 24.3 Å². The lowest BCUT2D eigenvalue weighted by Gasteiger charge is -2.08. The largest absolute Gasteiger partial charge is 0.355 e. The minimum Gasteiger partial charge on any atom is -0.355 e. The molecule has 4 heteroatoms. The first-order valence-corrected chi connectivity index (χ1v) is 10.2. The van der Waals surface area contributed by atoms with Gasteiger partial charge in [0.15, 0.2) is 0 Å². The van der Waals surface area contributed by atoms with E-state index in [1.54, 1.807) is 11.8 Å². The molecule has 0 spiro atoms. The van der Waals surface area contributed by atoms with Crippen LogP contribution in [0.2, 0.25) is 0 Å².